The molecule has 11 nitrogen and oxygen atoms in total. The zero-order valence-corrected chi connectivity index (χ0v) is 23.8. The van der Waals surface area contributed by atoms with Crippen LogP contribution < -0.4 is 25.3 Å². The van der Waals surface area contributed by atoms with Gasteiger partial charge in [-0.1, -0.05) is 6.58 Å². The van der Waals surface area contributed by atoms with E-state index in [0.29, 0.717) is 47.8 Å². The molecular weight excluding hydrogens is 560 g/mol. The van der Waals surface area contributed by atoms with Crippen LogP contribution in [0.25, 0.3) is 0 Å². The second-order valence-corrected chi connectivity index (χ2v) is 10.5. The molecular formula is C30H33F2N7O4. The van der Waals surface area contributed by atoms with Gasteiger partial charge in [0.05, 0.1) is 56.1 Å². The number of ether oxygens (including phenoxy) is 2. The fraction of sp³-hybridized carbons (Fsp3) is 0.367. The Hall–Kier alpha value is -4.33. The largest absolute Gasteiger partial charge is 0.494 e. The minimum absolute atomic E-state index is 0.187. The monoisotopic (exact) mass is 593 g/mol. The maximum atomic E-state index is 14.6. The summed E-state index contributed by atoms with van der Waals surface area (Å²) in [6.45, 7) is 8.77. The average Bonchev–Trinajstić information content (AvgIpc) is 3.48. The number of amides is 1. The van der Waals surface area contributed by atoms with E-state index in [9.17, 15) is 13.6 Å². The van der Waals surface area contributed by atoms with Gasteiger partial charge in [-0.15, -0.1) is 0 Å². The van der Waals surface area contributed by atoms with Gasteiger partial charge in [-0.05, 0) is 30.3 Å². The SMILES string of the molecule is C=CC(=O)Nc1cc(Nc2cc(N3OCCC3c3cc(F)ccc3F)ncn2)c(OC)cc1N1CCN(C2COC2)CC1. The molecule has 0 spiro atoms. The Morgan fingerprint density at radius 3 is 2.63 bits per heavy atom. The molecule has 226 valence electrons. The number of carbonyl (C=O) groups is 1. The van der Waals surface area contributed by atoms with Crippen LogP contribution in [0.15, 0.2) is 55.4 Å². The van der Waals surface area contributed by atoms with Gasteiger partial charge >= 0.3 is 0 Å². The number of rotatable bonds is 9. The number of carbonyl (C=O) groups excluding carboxylic acids is 1. The highest BCUT2D eigenvalue weighted by atomic mass is 19.1. The third-order valence-electron chi connectivity index (χ3n) is 7.92. The van der Waals surface area contributed by atoms with E-state index in [-0.39, 0.29) is 11.5 Å². The molecule has 6 rings (SSSR count). The van der Waals surface area contributed by atoms with Crippen LogP contribution >= 0.6 is 0 Å². The lowest BCUT2D eigenvalue weighted by atomic mass is 10.0. The van der Waals surface area contributed by atoms with E-state index in [1.807, 2.05) is 6.07 Å². The summed E-state index contributed by atoms with van der Waals surface area (Å²) >= 11 is 0. The van der Waals surface area contributed by atoms with Crippen LogP contribution in [0.5, 0.6) is 5.75 Å². The number of hydrogen-bond acceptors (Lipinski definition) is 10. The van der Waals surface area contributed by atoms with Gasteiger partial charge in [-0.3, -0.25) is 14.5 Å². The molecule has 0 saturated carbocycles. The Morgan fingerprint density at radius 1 is 1.09 bits per heavy atom. The molecule has 0 radical (unpaired) electrons. The highest BCUT2D eigenvalue weighted by Gasteiger charge is 2.32. The first-order valence-corrected chi connectivity index (χ1v) is 14.1. The maximum Gasteiger partial charge on any atom is 0.247 e. The van der Waals surface area contributed by atoms with Crippen molar-refractivity contribution in [1.82, 2.24) is 14.9 Å². The van der Waals surface area contributed by atoms with E-state index in [2.05, 4.69) is 37.0 Å². The number of hydroxylamine groups is 1. The molecule has 2 N–H and O–H groups in total. The quantitative estimate of drug-likeness (QED) is 0.354. The second kappa shape index (κ2) is 12.5. The Balaban J connectivity index is 1.26. The van der Waals surface area contributed by atoms with Gasteiger partial charge in [0, 0.05) is 50.3 Å². The summed E-state index contributed by atoms with van der Waals surface area (Å²) in [7, 11) is 1.57. The third-order valence-corrected chi connectivity index (χ3v) is 7.92. The number of aromatic nitrogens is 2. The molecule has 1 unspecified atom stereocenters. The van der Waals surface area contributed by atoms with Crippen molar-refractivity contribution in [3.8, 4) is 5.75 Å². The lowest BCUT2D eigenvalue weighted by Crippen LogP contribution is -2.56. The number of halogens is 2. The summed E-state index contributed by atoms with van der Waals surface area (Å²) in [6.07, 6.45) is 3.03. The molecule has 1 atom stereocenters. The molecule has 0 aliphatic carbocycles. The molecule has 3 fully saturated rings. The first-order chi connectivity index (χ1) is 20.9. The van der Waals surface area contributed by atoms with Crippen LogP contribution in [0.4, 0.5) is 37.5 Å². The minimum Gasteiger partial charge on any atom is -0.494 e. The molecule has 3 aliphatic heterocycles. The standard InChI is InChI=1S/C30H33F2N7O4/c1-3-30(40)36-23-13-24(27(41-2)14-26(23)38-9-7-37(8-10-38)20-16-42-17-20)35-28-15-29(34-18-33-28)39-25(6-11-43-39)21-12-19(31)4-5-22(21)32/h3-5,12-15,18,20,25H,1,6-11,16-17H2,2H3,(H,36,40)(H,33,34,35). The fourth-order valence-corrected chi connectivity index (χ4v) is 5.56. The number of piperazine rings is 1. The number of nitrogens with zero attached hydrogens (tertiary/aromatic N) is 5. The second-order valence-electron chi connectivity index (χ2n) is 10.5. The molecule has 43 heavy (non-hydrogen) atoms. The summed E-state index contributed by atoms with van der Waals surface area (Å²) < 4.78 is 39.6. The summed E-state index contributed by atoms with van der Waals surface area (Å²) in [6, 6.07) is 8.60. The van der Waals surface area contributed by atoms with Gasteiger partial charge in [0.2, 0.25) is 5.91 Å². The average molecular weight is 594 g/mol. The predicted octanol–water partition coefficient (Wildman–Crippen LogP) is 4.04. The topological polar surface area (TPSA) is 104 Å². The number of anilines is 5. The van der Waals surface area contributed by atoms with Crippen molar-refractivity contribution in [3.63, 3.8) is 0 Å². The van der Waals surface area contributed by atoms with Gasteiger partial charge in [-0.25, -0.2) is 23.8 Å². The molecule has 3 aromatic rings. The van der Waals surface area contributed by atoms with Crippen molar-refractivity contribution in [2.45, 2.75) is 18.5 Å². The highest BCUT2D eigenvalue weighted by Crippen LogP contribution is 2.40. The summed E-state index contributed by atoms with van der Waals surface area (Å²) in [5.74, 6) is -0.0753. The highest BCUT2D eigenvalue weighted by molar-refractivity contribution is 6.02. The van der Waals surface area contributed by atoms with Gasteiger partial charge in [0.15, 0.2) is 5.82 Å². The smallest absolute Gasteiger partial charge is 0.247 e. The molecule has 3 aliphatic rings. The Labute approximate surface area is 248 Å². The molecule has 3 saturated heterocycles. The van der Waals surface area contributed by atoms with Crippen molar-refractivity contribution < 1.29 is 27.9 Å². The zero-order valence-electron chi connectivity index (χ0n) is 23.8. The number of hydrogen-bond donors (Lipinski definition) is 2. The van der Waals surface area contributed by atoms with Crippen LogP contribution in [0, 0.1) is 11.6 Å². The maximum absolute atomic E-state index is 14.6. The Bertz CT molecular complexity index is 1500. The Morgan fingerprint density at radius 2 is 1.91 bits per heavy atom. The van der Waals surface area contributed by atoms with Crippen molar-refractivity contribution in [3.05, 3.63) is 72.6 Å². The van der Waals surface area contributed by atoms with Gasteiger partial charge < -0.3 is 25.0 Å². The fourth-order valence-electron chi connectivity index (χ4n) is 5.56. The zero-order chi connectivity index (χ0) is 29.9. The summed E-state index contributed by atoms with van der Waals surface area (Å²) in [5.41, 5.74) is 2.16. The minimum atomic E-state index is -0.565. The Kier molecular flexibility index (Phi) is 8.36. The van der Waals surface area contributed by atoms with E-state index in [4.69, 9.17) is 14.3 Å². The van der Waals surface area contributed by atoms with Crippen molar-refractivity contribution in [2.75, 3.05) is 73.7 Å². The van der Waals surface area contributed by atoms with E-state index < -0.39 is 17.7 Å². The normalized spacial score (nSPS) is 19.2. The van der Waals surface area contributed by atoms with E-state index in [1.165, 1.54) is 23.5 Å². The van der Waals surface area contributed by atoms with Crippen molar-refractivity contribution >= 4 is 34.6 Å². The van der Waals surface area contributed by atoms with Gasteiger partial charge in [0.25, 0.3) is 0 Å². The molecule has 0 bridgehead atoms. The van der Waals surface area contributed by atoms with Gasteiger partial charge in [0.1, 0.15) is 29.5 Å². The van der Waals surface area contributed by atoms with Crippen LogP contribution in [0.1, 0.15) is 18.0 Å². The van der Waals surface area contributed by atoms with Crippen LogP contribution in [0.2, 0.25) is 0 Å². The van der Waals surface area contributed by atoms with Crippen molar-refractivity contribution in [1.29, 1.82) is 0 Å². The lowest BCUT2D eigenvalue weighted by Gasteiger charge is -2.43. The van der Waals surface area contributed by atoms with Crippen molar-refractivity contribution in [2.24, 2.45) is 0 Å². The van der Waals surface area contributed by atoms with Crippen LogP contribution in [0.3, 0.4) is 0 Å². The third kappa shape index (κ3) is 6.10. The first-order valence-electron chi connectivity index (χ1n) is 14.1. The number of methoxy groups -OCH3 is 1. The molecule has 13 heteroatoms. The number of nitrogens with one attached hydrogen (secondary N) is 2. The first kappa shape index (κ1) is 28.8. The predicted molar refractivity (Wildman–Crippen MR) is 158 cm³/mol. The molecule has 2 aromatic carbocycles. The number of benzene rings is 2. The lowest BCUT2D eigenvalue weighted by molar-refractivity contribution is -0.111. The summed E-state index contributed by atoms with van der Waals surface area (Å²) in [5, 5.41) is 7.65. The van der Waals surface area contributed by atoms with E-state index >= 15 is 0 Å². The van der Waals surface area contributed by atoms with E-state index in [0.717, 1.165) is 57.2 Å². The van der Waals surface area contributed by atoms with Gasteiger partial charge in [-0.2, -0.15) is 0 Å². The van der Waals surface area contributed by atoms with E-state index in [1.54, 1.807) is 19.2 Å². The van der Waals surface area contributed by atoms with Crippen LogP contribution in [-0.4, -0.2) is 79.9 Å². The van der Waals surface area contributed by atoms with Crippen LogP contribution in [-0.2, 0) is 14.4 Å². The molecule has 1 amide bonds. The summed E-state index contributed by atoms with van der Waals surface area (Å²) in [4.78, 5) is 31.5. The molecule has 4 heterocycles. The molecule has 1 aromatic heterocycles.